The molecule has 0 aromatic rings. The van der Waals surface area contributed by atoms with Crippen LogP contribution in [0.3, 0.4) is 0 Å². The van der Waals surface area contributed by atoms with Crippen LogP contribution in [0.4, 0.5) is 4.79 Å². The second-order valence-corrected chi connectivity index (χ2v) is 3.04. The molecule has 0 spiro atoms. The topological polar surface area (TPSA) is 82.2 Å². The lowest BCUT2D eigenvalue weighted by Crippen LogP contribution is -2.49. The van der Waals surface area contributed by atoms with Gasteiger partial charge in [-0.2, -0.15) is 0 Å². The van der Waals surface area contributed by atoms with Gasteiger partial charge >= 0.3 is 6.03 Å². The smallest absolute Gasteiger partial charge is 0.317 e. The van der Waals surface area contributed by atoms with Crippen LogP contribution in [0, 0.1) is 5.41 Å². The van der Waals surface area contributed by atoms with Crippen LogP contribution in [0.15, 0.2) is 0 Å². The van der Waals surface area contributed by atoms with E-state index < -0.39 is 0 Å². The molecule has 0 aliphatic carbocycles. The molecule has 0 aromatic heterocycles. The van der Waals surface area contributed by atoms with Gasteiger partial charge in [-0.25, -0.2) is 4.79 Å². The van der Waals surface area contributed by atoms with Crippen LogP contribution < -0.4 is 11.1 Å². The molecule has 0 saturated heterocycles. The molecule has 4 N–H and O–H groups in total. The average Bonchev–Trinajstić information content (AvgIpc) is 2.15. The lowest BCUT2D eigenvalue weighted by atomic mass is 10.2. The van der Waals surface area contributed by atoms with E-state index in [-0.39, 0.29) is 17.9 Å². The first-order chi connectivity index (χ1) is 6.56. The maximum Gasteiger partial charge on any atom is 0.317 e. The van der Waals surface area contributed by atoms with E-state index in [1.54, 1.807) is 4.90 Å². The number of amides is 2. The van der Waals surface area contributed by atoms with Gasteiger partial charge < -0.3 is 16.0 Å². The van der Waals surface area contributed by atoms with Crippen LogP contribution >= 0.6 is 0 Å². The fourth-order valence-electron chi connectivity index (χ4n) is 1.15. The summed E-state index contributed by atoms with van der Waals surface area (Å²) in [6, 6.07) is -0.500. The average molecular weight is 200 g/mol. The highest BCUT2D eigenvalue weighted by atomic mass is 16.2. The van der Waals surface area contributed by atoms with Crippen molar-refractivity contribution in [3.63, 3.8) is 0 Å². The first kappa shape index (κ1) is 12.7. The summed E-state index contributed by atoms with van der Waals surface area (Å²) in [5.74, 6) is 0.00741. The third-order valence-corrected chi connectivity index (χ3v) is 2.13. The van der Waals surface area contributed by atoms with Crippen molar-refractivity contribution in [2.45, 2.75) is 33.2 Å². The number of nitrogens with one attached hydrogen (secondary N) is 2. The minimum atomic E-state index is -0.344. The number of urea groups is 1. The molecule has 5 nitrogen and oxygen atoms in total. The molecule has 0 radical (unpaired) electrons. The van der Waals surface area contributed by atoms with Crippen LogP contribution in [-0.4, -0.2) is 35.9 Å². The van der Waals surface area contributed by atoms with E-state index in [0.717, 1.165) is 0 Å². The molecule has 1 unspecified atom stereocenters. The second-order valence-electron chi connectivity index (χ2n) is 3.04. The Morgan fingerprint density at radius 3 is 2.21 bits per heavy atom. The lowest BCUT2D eigenvalue weighted by molar-refractivity contribution is 0.201. The lowest BCUT2D eigenvalue weighted by Gasteiger charge is -2.23. The largest absolute Gasteiger partial charge is 0.386 e. The second kappa shape index (κ2) is 6.23. The number of hydrogen-bond acceptors (Lipinski definition) is 2. The number of amidine groups is 1. The molecule has 14 heavy (non-hydrogen) atoms. The summed E-state index contributed by atoms with van der Waals surface area (Å²) in [5.41, 5.74) is 5.33. The van der Waals surface area contributed by atoms with E-state index in [0.29, 0.717) is 19.5 Å². The summed E-state index contributed by atoms with van der Waals surface area (Å²) in [6.45, 7) is 7.04. The predicted octanol–water partition coefficient (Wildman–Crippen LogP) is 0.752. The van der Waals surface area contributed by atoms with Gasteiger partial charge in [-0.1, -0.05) is 6.92 Å². The monoisotopic (exact) mass is 200 g/mol. The highest BCUT2D eigenvalue weighted by molar-refractivity contribution is 5.87. The SMILES string of the molecule is CCC(NC(=O)N(CC)CC)C(=N)N. The number of carbonyl (C=O) groups excluding carboxylic acids is 1. The number of rotatable bonds is 5. The minimum absolute atomic E-state index is 0.00741. The maximum atomic E-state index is 11.5. The van der Waals surface area contributed by atoms with E-state index in [2.05, 4.69) is 5.32 Å². The van der Waals surface area contributed by atoms with E-state index >= 15 is 0 Å². The Kier molecular flexibility index (Phi) is 5.67. The number of nitrogens with two attached hydrogens (primary N) is 1. The van der Waals surface area contributed by atoms with Gasteiger partial charge in [0, 0.05) is 13.1 Å². The van der Waals surface area contributed by atoms with Crippen molar-refractivity contribution in [3.05, 3.63) is 0 Å². The minimum Gasteiger partial charge on any atom is -0.386 e. The normalized spacial score (nSPS) is 11.9. The standard InChI is InChI=1S/C9H20N4O/c1-4-7(8(10)11)12-9(14)13(5-2)6-3/h7H,4-6H2,1-3H3,(H3,10,11)(H,12,14). The van der Waals surface area contributed by atoms with Crippen LogP contribution in [0.5, 0.6) is 0 Å². The molecule has 0 saturated carbocycles. The molecule has 0 aliphatic rings. The number of nitrogens with zero attached hydrogens (tertiary/aromatic N) is 1. The summed E-state index contributed by atoms with van der Waals surface area (Å²) in [5, 5.41) is 9.95. The first-order valence-corrected chi connectivity index (χ1v) is 4.96. The third-order valence-electron chi connectivity index (χ3n) is 2.13. The van der Waals surface area contributed by atoms with Crippen molar-refractivity contribution in [1.29, 1.82) is 5.41 Å². The number of carbonyl (C=O) groups is 1. The van der Waals surface area contributed by atoms with Gasteiger partial charge in [-0.15, -0.1) is 0 Å². The predicted molar refractivity (Wildman–Crippen MR) is 57.4 cm³/mol. The molecule has 5 heteroatoms. The van der Waals surface area contributed by atoms with Crippen molar-refractivity contribution in [2.24, 2.45) is 5.73 Å². The molecule has 0 fully saturated rings. The van der Waals surface area contributed by atoms with E-state index in [9.17, 15) is 4.79 Å². The fourth-order valence-corrected chi connectivity index (χ4v) is 1.15. The summed E-state index contributed by atoms with van der Waals surface area (Å²) >= 11 is 0. The van der Waals surface area contributed by atoms with E-state index in [1.807, 2.05) is 20.8 Å². The Hall–Kier alpha value is -1.26. The molecular weight excluding hydrogens is 180 g/mol. The Balaban J connectivity index is 4.20. The van der Waals surface area contributed by atoms with Crippen LogP contribution in [0.2, 0.25) is 0 Å². The zero-order valence-electron chi connectivity index (χ0n) is 9.13. The van der Waals surface area contributed by atoms with Crippen molar-refractivity contribution >= 4 is 11.9 Å². The van der Waals surface area contributed by atoms with E-state index in [1.165, 1.54) is 0 Å². The highest BCUT2D eigenvalue weighted by Crippen LogP contribution is 1.94. The summed E-state index contributed by atoms with van der Waals surface area (Å²) in [4.78, 5) is 13.2. The van der Waals surface area contributed by atoms with Gasteiger partial charge in [0.25, 0.3) is 0 Å². The van der Waals surface area contributed by atoms with Gasteiger partial charge in [-0.3, -0.25) is 5.41 Å². The Bertz CT molecular complexity index is 201. The summed E-state index contributed by atoms with van der Waals surface area (Å²) in [7, 11) is 0. The van der Waals surface area contributed by atoms with Crippen molar-refractivity contribution in [3.8, 4) is 0 Å². The maximum absolute atomic E-state index is 11.5. The Labute approximate surface area is 85.2 Å². The summed E-state index contributed by atoms with van der Waals surface area (Å²) in [6.07, 6.45) is 0.641. The van der Waals surface area contributed by atoms with Crippen molar-refractivity contribution < 1.29 is 4.79 Å². The third kappa shape index (κ3) is 3.64. The van der Waals surface area contributed by atoms with Crippen LogP contribution in [0.25, 0.3) is 0 Å². The first-order valence-electron chi connectivity index (χ1n) is 4.96. The van der Waals surface area contributed by atoms with Gasteiger partial charge in [0.05, 0.1) is 6.04 Å². The Morgan fingerprint density at radius 2 is 1.93 bits per heavy atom. The van der Waals surface area contributed by atoms with Gasteiger partial charge in [0.1, 0.15) is 5.84 Å². The quantitative estimate of drug-likeness (QED) is 0.452. The molecule has 1 atom stereocenters. The zero-order valence-corrected chi connectivity index (χ0v) is 9.13. The molecule has 0 aliphatic heterocycles. The molecule has 0 aromatic carbocycles. The van der Waals surface area contributed by atoms with Gasteiger partial charge in [0.15, 0.2) is 0 Å². The summed E-state index contributed by atoms with van der Waals surface area (Å²) < 4.78 is 0. The van der Waals surface area contributed by atoms with Gasteiger partial charge in [0.2, 0.25) is 0 Å². The number of hydrogen-bond donors (Lipinski definition) is 3. The van der Waals surface area contributed by atoms with Gasteiger partial charge in [-0.05, 0) is 20.3 Å². The zero-order chi connectivity index (χ0) is 11.1. The molecule has 82 valence electrons. The molecule has 2 amide bonds. The molecule has 0 rings (SSSR count). The van der Waals surface area contributed by atoms with Crippen molar-refractivity contribution in [2.75, 3.05) is 13.1 Å². The highest BCUT2D eigenvalue weighted by Gasteiger charge is 2.15. The van der Waals surface area contributed by atoms with Crippen molar-refractivity contribution in [1.82, 2.24) is 10.2 Å². The van der Waals surface area contributed by atoms with Crippen LogP contribution in [0.1, 0.15) is 27.2 Å². The molecule has 0 bridgehead atoms. The molecular formula is C9H20N4O. The van der Waals surface area contributed by atoms with Crippen LogP contribution in [-0.2, 0) is 0 Å². The van der Waals surface area contributed by atoms with E-state index in [4.69, 9.17) is 11.1 Å². The Morgan fingerprint density at radius 1 is 1.43 bits per heavy atom. The fraction of sp³-hybridized carbons (Fsp3) is 0.778. The molecule has 0 heterocycles.